The molecule has 118 valence electrons. The zero-order chi connectivity index (χ0) is 16.1. The van der Waals surface area contributed by atoms with Gasteiger partial charge in [-0.1, -0.05) is 48.2 Å². The third-order valence-corrected chi connectivity index (χ3v) is 5.25. The summed E-state index contributed by atoms with van der Waals surface area (Å²) in [6.07, 6.45) is 0. The number of hydrogen-bond donors (Lipinski definition) is 1. The van der Waals surface area contributed by atoms with Crippen LogP contribution in [0, 0.1) is 0 Å². The van der Waals surface area contributed by atoms with Gasteiger partial charge < -0.3 is 9.88 Å². The van der Waals surface area contributed by atoms with E-state index in [4.69, 9.17) is 0 Å². The minimum atomic E-state index is -0.0820. The standard InChI is InChI=1S/C16H16N4OS2/c1-20-14(10-17-15(21)13-8-5-9-22-13)18-19-16(20)23-11-12-6-3-2-4-7-12/h2-9H,10-11H2,1H3,(H,17,21). The van der Waals surface area contributed by atoms with Crippen LogP contribution in [0.5, 0.6) is 0 Å². The number of nitrogens with one attached hydrogen (secondary N) is 1. The van der Waals surface area contributed by atoms with E-state index in [-0.39, 0.29) is 5.91 Å². The second-order valence-electron chi connectivity index (χ2n) is 4.89. The van der Waals surface area contributed by atoms with Gasteiger partial charge >= 0.3 is 0 Å². The Hall–Kier alpha value is -2.12. The van der Waals surface area contributed by atoms with E-state index in [1.165, 1.54) is 16.9 Å². The summed E-state index contributed by atoms with van der Waals surface area (Å²) in [4.78, 5) is 12.6. The molecule has 0 radical (unpaired) electrons. The van der Waals surface area contributed by atoms with Gasteiger partial charge in [0.05, 0.1) is 11.4 Å². The maximum absolute atomic E-state index is 11.9. The average molecular weight is 344 g/mol. The number of thioether (sulfide) groups is 1. The summed E-state index contributed by atoms with van der Waals surface area (Å²) in [5, 5.41) is 14.0. The molecule has 0 aliphatic rings. The van der Waals surface area contributed by atoms with Crippen molar-refractivity contribution in [2.75, 3.05) is 0 Å². The van der Waals surface area contributed by atoms with Gasteiger partial charge in [0.25, 0.3) is 5.91 Å². The van der Waals surface area contributed by atoms with Gasteiger partial charge in [-0.25, -0.2) is 0 Å². The first-order valence-electron chi connectivity index (χ1n) is 7.11. The molecule has 0 aliphatic carbocycles. The van der Waals surface area contributed by atoms with Crippen LogP contribution in [0.25, 0.3) is 0 Å². The molecule has 0 atom stereocenters. The Morgan fingerprint density at radius 3 is 2.78 bits per heavy atom. The lowest BCUT2D eigenvalue weighted by Crippen LogP contribution is -2.23. The minimum Gasteiger partial charge on any atom is -0.344 e. The van der Waals surface area contributed by atoms with Gasteiger partial charge in [-0.15, -0.1) is 21.5 Å². The van der Waals surface area contributed by atoms with Gasteiger partial charge in [-0.2, -0.15) is 0 Å². The van der Waals surface area contributed by atoms with E-state index in [1.807, 2.05) is 41.3 Å². The van der Waals surface area contributed by atoms with Crippen LogP contribution < -0.4 is 5.32 Å². The topological polar surface area (TPSA) is 59.8 Å². The number of amides is 1. The summed E-state index contributed by atoms with van der Waals surface area (Å²) < 4.78 is 1.92. The van der Waals surface area contributed by atoms with Crippen LogP contribution in [-0.4, -0.2) is 20.7 Å². The van der Waals surface area contributed by atoms with Crippen molar-refractivity contribution in [3.8, 4) is 0 Å². The van der Waals surface area contributed by atoms with Crippen LogP contribution in [0.1, 0.15) is 21.1 Å². The second kappa shape index (κ2) is 7.43. The summed E-state index contributed by atoms with van der Waals surface area (Å²) in [5.74, 6) is 1.50. The predicted molar refractivity (Wildman–Crippen MR) is 92.5 cm³/mol. The van der Waals surface area contributed by atoms with Gasteiger partial charge in [-0.3, -0.25) is 4.79 Å². The van der Waals surface area contributed by atoms with Crippen molar-refractivity contribution in [2.45, 2.75) is 17.5 Å². The quantitative estimate of drug-likeness (QED) is 0.698. The fraction of sp³-hybridized carbons (Fsp3) is 0.188. The molecular formula is C16H16N4OS2. The lowest BCUT2D eigenvalue weighted by atomic mass is 10.2. The molecule has 0 bridgehead atoms. The molecule has 0 unspecified atom stereocenters. The Balaban J connectivity index is 1.57. The summed E-state index contributed by atoms with van der Waals surface area (Å²) >= 11 is 3.05. The fourth-order valence-electron chi connectivity index (χ4n) is 2.00. The van der Waals surface area contributed by atoms with Gasteiger partial charge in [0.2, 0.25) is 0 Å². The Morgan fingerprint density at radius 2 is 2.04 bits per heavy atom. The third kappa shape index (κ3) is 4.00. The highest BCUT2D eigenvalue weighted by molar-refractivity contribution is 7.98. The number of benzene rings is 1. The van der Waals surface area contributed by atoms with E-state index in [0.29, 0.717) is 11.4 Å². The molecule has 3 rings (SSSR count). The molecule has 23 heavy (non-hydrogen) atoms. The summed E-state index contributed by atoms with van der Waals surface area (Å²) in [6, 6.07) is 13.9. The molecule has 0 fully saturated rings. The van der Waals surface area contributed by atoms with Gasteiger partial charge in [0.15, 0.2) is 11.0 Å². The third-order valence-electron chi connectivity index (χ3n) is 3.29. The Morgan fingerprint density at radius 1 is 1.22 bits per heavy atom. The van der Waals surface area contributed by atoms with Crippen molar-refractivity contribution in [2.24, 2.45) is 7.05 Å². The molecule has 0 saturated heterocycles. The number of rotatable bonds is 6. The van der Waals surface area contributed by atoms with Crippen molar-refractivity contribution in [1.82, 2.24) is 20.1 Å². The summed E-state index contributed by atoms with van der Waals surface area (Å²) in [6.45, 7) is 0.367. The van der Waals surface area contributed by atoms with Crippen molar-refractivity contribution >= 4 is 29.0 Å². The molecule has 1 N–H and O–H groups in total. The van der Waals surface area contributed by atoms with Crippen molar-refractivity contribution < 1.29 is 4.79 Å². The first kappa shape index (κ1) is 15.8. The van der Waals surface area contributed by atoms with Crippen molar-refractivity contribution in [3.63, 3.8) is 0 Å². The molecule has 0 aliphatic heterocycles. The molecular weight excluding hydrogens is 328 g/mol. The highest BCUT2D eigenvalue weighted by atomic mass is 32.2. The average Bonchev–Trinajstić information content (AvgIpc) is 3.22. The molecule has 2 heterocycles. The van der Waals surface area contributed by atoms with E-state index < -0.39 is 0 Å². The van der Waals surface area contributed by atoms with Gasteiger partial charge in [0.1, 0.15) is 0 Å². The monoisotopic (exact) mass is 344 g/mol. The maximum atomic E-state index is 11.9. The molecule has 7 heteroatoms. The number of nitrogens with zero attached hydrogens (tertiary/aromatic N) is 3. The first-order valence-corrected chi connectivity index (χ1v) is 8.97. The smallest absolute Gasteiger partial charge is 0.261 e. The maximum Gasteiger partial charge on any atom is 0.261 e. The summed E-state index contributed by atoms with van der Waals surface area (Å²) in [7, 11) is 1.92. The number of thiophene rings is 1. The Bertz CT molecular complexity index is 769. The van der Waals surface area contributed by atoms with Crippen LogP contribution in [0.3, 0.4) is 0 Å². The van der Waals surface area contributed by atoms with Crippen LogP contribution >= 0.6 is 23.1 Å². The number of carbonyl (C=O) groups excluding carboxylic acids is 1. The molecule has 1 aromatic carbocycles. The number of carbonyl (C=O) groups is 1. The van der Waals surface area contributed by atoms with Gasteiger partial charge in [0, 0.05) is 12.8 Å². The highest BCUT2D eigenvalue weighted by Gasteiger charge is 2.12. The number of hydrogen-bond acceptors (Lipinski definition) is 5. The van der Waals surface area contributed by atoms with Crippen LogP contribution in [-0.2, 0) is 19.3 Å². The van der Waals surface area contributed by atoms with Crippen molar-refractivity contribution in [1.29, 1.82) is 0 Å². The van der Waals surface area contributed by atoms with E-state index in [9.17, 15) is 4.79 Å². The molecule has 5 nitrogen and oxygen atoms in total. The van der Waals surface area contributed by atoms with E-state index >= 15 is 0 Å². The van der Waals surface area contributed by atoms with Gasteiger partial charge in [-0.05, 0) is 17.0 Å². The highest BCUT2D eigenvalue weighted by Crippen LogP contribution is 2.20. The Labute approximate surface area is 142 Å². The molecule has 2 aromatic heterocycles. The SMILES string of the molecule is Cn1c(CNC(=O)c2cccs2)nnc1SCc1ccccc1. The van der Waals surface area contributed by atoms with Crippen LogP contribution in [0.2, 0.25) is 0 Å². The molecule has 0 spiro atoms. The molecule has 3 aromatic rings. The van der Waals surface area contributed by atoms with E-state index in [2.05, 4.69) is 27.6 Å². The Kier molecular flexibility index (Phi) is 5.09. The molecule has 0 saturated carbocycles. The first-order chi connectivity index (χ1) is 11.2. The predicted octanol–water partition coefficient (Wildman–Crippen LogP) is 3.10. The second-order valence-corrected chi connectivity index (χ2v) is 6.78. The van der Waals surface area contributed by atoms with E-state index in [0.717, 1.165) is 16.7 Å². The fourth-order valence-corrected chi connectivity index (χ4v) is 3.53. The zero-order valence-electron chi connectivity index (χ0n) is 12.6. The molecule has 1 amide bonds. The number of aromatic nitrogens is 3. The largest absolute Gasteiger partial charge is 0.344 e. The van der Waals surface area contributed by atoms with Crippen molar-refractivity contribution in [3.05, 3.63) is 64.1 Å². The zero-order valence-corrected chi connectivity index (χ0v) is 14.2. The summed E-state index contributed by atoms with van der Waals surface area (Å²) in [5.41, 5.74) is 1.24. The lowest BCUT2D eigenvalue weighted by molar-refractivity contribution is 0.0953. The van der Waals surface area contributed by atoms with E-state index in [1.54, 1.807) is 17.8 Å². The minimum absolute atomic E-state index is 0.0820. The normalized spacial score (nSPS) is 10.7. The lowest BCUT2D eigenvalue weighted by Gasteiger charge is -2.05. The van der Waals surface area contributed by atoms with Crippen LogP contribution in [0.15, 0.2) is 53.0 Å². The van der Waals surface area contributed by atoms with Crippen LogP contribution in [0.4, 0.5) is 0 Å².